The zero-order valence-electron chi connectivity index (χ0n) is 15.1. The number of fused-ring (bicyclic) bond motifs is 1. The van der Waals surface area contributed by atoms with E-state index >= 15 is 0 Å². The zero-order chi connectivity index (χ0) is 19.2. The van der Waals surface area contributed by atoms with Gasteiger partial charge in [0.1, 0.15) is 0 Å². The summed E-state index contributed by atoms with van der Waals surface area (Å²) in [6.45, 7) is 4.67. The molecule has 1 aliphatic heterocycles. The lowest BCUT2D eigenvalue weighted by atomic mass is 10.00. The predicted octanol–water partition coefficient (Wildman–Crippen LogP) is 2.89. The van der Waals surface area contributed by atoms with E-state index in [1.165, 1.54) is 6.08 Å². The first-order valence-electron chi connectivity index (χ1n) is 8.93. The Balaban J connectivity index is 1.79. The van der Waals surface area contributed by atoms with Gasteiger partial charge in [0.15, 0.2) is 0 Å². The van der Waals surface area contributed by atoms with Crippen molar-refractivity contribution in [2.24, 2.45) is 0 Å². The molecule has 0 saturated carbocycles. The normalized spacial score (nSPS) is 12.8. The monoisotopic (exact) mass is 362 g/mol. The second-order valence-electron chi connectivity index (χ2n) is 6.43. The molecule has 2 amide bonds. The summed E-state index contributed by atoms with van der Waals surface area (Å²) >= 11 is 0. The fourth-order valence-corrected chi connectivity index (χ4v) is 3.18. The highest BCUT2D eigenvalue weighted by molar-refractivity contribution is 5.99. The number of H-pyrrole nitrogens is 1. The Kier molecular flexibility index (Phi) is 5.72. The summed E-state index contributed by atoms with van der Waals surface area (Å²) in [4.78, 5) is 25.8. The first-order valence-corrected chi connectivity index (χ1v) is 8.93. The second kappa shape index (κ2) is 8.37. The molecule has 1 aliphatic rings. The van der Waals surface area contributed by atoms with Crippen molar-refractivity contribution in [2.75, 3.05) is 11.9 Å². The van der Waals surface area contributed by atoms with Crippen LogP contribution in [0.5, 0.6) is 0 Å². The smallest absolute Gasteiger partial charge is 0.247 e. The van der Waals surface area contributed by atoms with Gasteiger partial charge in [-0.1, -0.05) is 18.7 Å². The minimum Gasteiger partial charge on any atom is -0.338 e. The molecule has 138 valence electrons. The fourth-order valence-electron chi connectivity index (χ4n) is 3.18. The van der Waals surface area contributed by atoms with Crippen molar-refractivity contribution in [3.05, 3.63) is 48.2 Å². The van der Waals surface area contributed by atoms with Gasteiger partial charge in [-0.15, -0.1) is 12.3 Å². The standard InChI is InChI=1S/C21H22N4O2/c1-3-5-6-10-20(27)25-12-11-18-17(14-25)21(24-23-18)15-8-7-9-16(13-15)22-19(26)4-2/h1,4,7-9,13H,2,5-6,10-12,14H2,(H,22,26)(H,23,24). The summed E-state index contributed by atoms with van der Waals surface area (Å²) in [6, 6.07) is 7.48. The summed E-state index contributed by atoms with van der Waals surface area (Å²) in [5.41, 5.74) is 4.45. The molecule has 0 unspecified atom stereocenters. The Morgan fingerprint density at radius 2 is 2.30 bits per heavy atom. The van der Waals surface area contributed by atoms with E-state index in [1.807, 2.05) is 29.2 Å². The molecule has 0 spiro atoms. The van der Waals surface area contributed by atoms with Gasteiger partial charge in [0, 0.05) is 54.9 Å². The van der Waals surface area contributed by atoms with Gasteiger partial charge in [-0.05, 0) is 24.6 Å². The first kappa shape index (κ1) is 18.5. The van der Waals surface area contributed by atoms with Crippen molar-refractivity contribution in [1.29, 1.82) is 0 Å². The zero-order valence-corrected chi connectivity index (χ0v) is 15.1. The molecule has 0 fully saturated rings. The molecule has 6 heteroatoms. The van der Waals surface area contributed by atoms with Crippen LogP contribution in [-0.4, -0.2) is 33.5 Å². The number of unbranched alkanes of at least 4 members (excludes halogenated alkanes) is 1. The first-order chi connectivity index (χ1) is 13.1. The lowest BCUT2D eigenvalue weighted by Gasteiger charge is -2.27. The number of carbonyl (C=O) groups is 2. The number of nitrogens with one attached hydrogen (secondary N) is 2. The van der Waals surface area contributed by atoms with E-state index in [-0.39, 0.29) is 11.8 Å². The van der Waals surface area contributed by atoms with E-state index in [9.17, 15) is 9.59 Å². The molecule has 27 heavy (non-hydrogen) atoms. The van der Waals surface area contributed by atoms with Crippen LogP contribution in [0.3, 0.4) is 0 Å². The van der Waals surface area contributed by atoms with E-state index in [1.54, 1.807) is 0 Å². The molecule has 2 N–H and O–H groups in total. The highest BCUT2D eigenvalue weighted by Crippen LogP contribution is 2.30. The Labute approximate surface area is 158 Å². The highest BCUT2D eigenvalue weighted by Gasteiger charge is 2.25. The largest absolute Gasteiger partial charge is 0.338 e. The van der Waals surface area contributed by atoms with Gasteiger partial charge in [0.05, 0.1) is 5.69 Å². The predicted molar refractivity (Wildman–Crippen MR) is 105 cm³/mol. The van der Waals surface area contributed by atoms with Crippen LogP contribution in [0.15, 0.2) is 36.9 Å². The average Bonchev–Trinajstić information content (AvgIpc) is 3.11. The van der Waals surface area contributed by atoms with Crippen molar-refractivity contribution in [3.8, 4) is 23.6 Å². The number of hydrogen-bond acceptors (Lipinski definition) is 3. The summed E-state index contributed by atoms with van der Waals surface area (Å²) in [6.07, 6.45) is 9.03. The molecular formula is C21H22N4O2. The molecule has 0 atom stereocenters. The Bertz CT molecular complexity index is 907. The number of nitrogens with zero attached hydrogens (tertiary/aromatic N) is 2. The third-order valence-electron chi connectivity index (χ3n) is 4.59. The number of benzene rings is 1. The molecule has 2 heterocycles. The molecule has 0 bridgehead atoms. The van der Waals surface area contributed by atoms with Crippen LogP contribution in [0.1, 0.15) is 30.5 Å². The van der Waals surface area contributed by atoms with Crippen molar-refractivity contribution in [2.45, 2.75) is 32.2 Å². The van der Waals surface area contributed by atoms with E-state index in [2.05, 4.69) is 28.0 Å². The van der Waals surface area contributed by atoms with Crippen LogP contribution in [0.4, 0.5) is 5.69 Å². The molecule has 1 aromatic carbocycles. The van der Waals surface area contributed by atoms with Gasteiger partial charge < -0.3 is 10.2 Å². The van der Waals surface area contributed by atoms with E-state index < -0.39 is 0 Å². The quantitative estimate of drug-likeness (QED) is 0.471. The van der Waals surface area contributed by atoms with Crippen LogP contribution in [0.2, 0.25) is 0 Å². The number of aromatic nitrogens is 2. The van der Waals surface area contributed by atoms with Gasteiger partial charge >= 0.3 is 0 Å². The number of carbonyl (C=O) groups excluding carboxylic acids is 2. The second-order valence-corrected chi connectivity index (χ2v) is 6.43. The third-order valence-corrected chi connectivity index (χ3v) is 4.59. The molecule has 2 aromatic rings. The topological polar surface area (TPSA) is 78.1 Å². The number of hydrogen-bond donors (Lipinski definition) is 2. The summed E-state index contributed by atoms with van der Waals surface area (Å²) < 4.78 is 0. The Morgan fingerprint density at radius 3 is 3.07 bits per heavy atom. The molecule has 3 rings (SSSR count). The van der Waals surface area contributed by atoms with Crippen LogP contribution >= 0.6 is 0 Å². The van der Waals surface area contributed by atoms with Gasteiger partial charge in [-0.3, -0.25) is 14.7 Å². The average molecular weight is 362 g/mol. The molecule has 0 radical (unpaired) electrons. The van der Waals surface area contributed by atoms with Crippen molar-refractivity contribution in [1.82, 2.24) is 15.1 Å². The summed E-state index contributed by atoms with van der Waals surface area (Å²) in [5.74, 6) is 2.43. The minimum atomic E-state index is -0.264. The number of amides is 2. The van der Waals surface area contributed by atoms with Crippen molar-refractivity contribution < 1.29 is 9.59 Å². The minimum absolute atomic E-state index is 0.120. The molecular weight excluding hydrogens is 340 g/mol. The number of aromatic amines is 1. The van der Waals surface area contributed by atoms with Crippen LogP contribution in [-0.2, 0) is 22.6 Å². The van der Waals surface area contributed by atoms with Crippen LogP contribution < -0.4 is 5.32 Å². The van der Waals surface area contributed by atoms with Crippen LogP contribution in [0.25, 0.3) is 11.3 Å². The SMILES string of the molecule is C#CCCCC(=O)N1CCc2[nH]nc(-c3cccc(NC(=O)C=C)c3)c2C1. The van der Waals surface area contributed by atoms with Gasteiger partial charge in [0.2, 0.25) is 11.8 Å². The lowest BCUT2D eigenvalue weighted by molar-refractivity contribution is -0.132. The Hall–Kier alpha value is -3.33. The molecule has 6 nitrogen and oxygen atoms in total. The maximum atomic E-state index is 12.4. The van der Waals surface area contributed by atoms with E-state index in [0.717, 1.165) is 28.9 Å². The van der Waals surface area contributed by atoms with Gasteiger partial charge in [-0.25, -0.2) is 0 Å². The summed E-state index contributed by atoms with van der Waals surface area (Å²) in [7, 11) is 0. The third kappa shape index (κ3) is 4.26. The number of terminal acetylenes is 1. The highest BCUT2D eigenvalue weighted by atomic mass is 16.2. The lowest BCUT2D eigenvalue weighted by Crippen LogP contribution is -2.35. The van der Waals surface area contributed by atoms with Crippen molar-refractivity contribution in [3.63, 3.8) is 0 Å². The van der Waals surface area contributed by atoms with Crippen molar-refractivity contribution >= 4 is 17.5 Å². The molecule has 0 saturated heterocycles. The maximum Gasteiger partial charge on any atom is 0.247 e. The Morgan fingerprint density at radius 1 is 1.44 bits per heavy atom. The van der Waals surface area contributed by atoms with Gasteiger partial charge in [-0.2, -0.15) is 5.10 Å². The number of rotatable bonds is 6. The molecule has 1 aromatic heterocycles. The fraction of sp³-hybridized carbons (Fsp3) is 0.286. The maximum absolute atomic E-state index is 12.4. The van der Waals surface area contributed by atoms with E-state index in [0.29, 0.717) is 38.0 Å². The van der Waals surface area contributed by atoms with E-state index in [4.69, 9.17) is 6.42 Å². The van der Waals surface area contributed by atoms with Gasteiger partial charge in [0.25, 0.3) is 0 Å². The van der Waals surface area contributed by atoms with Crippen LogP contribution in [0, 0.1) is 12.3 Å². The molecule has 0 aliphatic carbocycles. The number of anilines is 1. The summed E-state index contributed by atoms with van der Waals surface area (Å²) in [5, 5.41) is 10.3.